The van der Waals surface area contributed by atoms with Crippen molar-refractivity contribution in [3.8, 4) is 11.5 Å². The summed E-state index contributed by atoms with van der Waals surface area (Å²) in [4.78, 5) is 62.9. The number of rotatable bonds is 4. The lowest BCUT2D eigenvalue weighted by Gasteiger charge is -2.28. The SMILES string of the molecule is O=C(CN1C(=O)C(=O)N(C2CCCCC2)C1=O)NC(=O)Nc1ccc2c(c1)OCCO2. The van der Waals surface area contributed by atoms with Gasteiger partial charge in [0.1, 0.15) is 19.8 Å². The number of benzene rings is 1. The summed E-state index contributed by atoms with van der Waals surface area (Å²) in [6, 6.07) is 2.75. The van der Waals surface area contributed by atoms with Crippen LogP contribution >= 0.6 is 0 Å². The van der Waals surface area contributed by atoms with Crippen LogP contribution in [0.4, 0.5) is 15.3 Å². The summed E-state index contributed by atoms with van der Waals surface area (Å²) in [6.07, 6.45) is 4.05. The van der Waals surface area contributed by atoms with Crippen LogP contribution in [0.2, 0.25) is 0 Å². The average molecular weight is 430 g/mol. The molecule has 4 rings (SSSR count). The third kappa shape index (κ3) is 4.30. The number of imide groups is 3. The van der Waals surface area contributed by atoms with Gasteiger partial charge >= 0.3 is 23.9 Å². The molecular formula is C20H22N4O7. The van der Waals surface area contributed by atoms with Crippen molar-refractivity contribution in [1.82, 2.24) is 15.1 Å². The lowest BCUT2D eigenvalue weighted by atomic mass is 9.94. The number of anilines is 1. The Balaban J connectivity index is 1.33. The summed E-state index contributed by atoms with van der Waals surface area (Å²) >= 11 is 0. The number of nitrogens with zero attached hydrogens (tertiary/aromatic N) is 2. The molecule has 0 atom stereocenters. The van der Waals surface area contributed by atoms with Crippen LogP contribution in [0, 0.1) is 0 Å². The molecule has 7 amide bonds. The van der Waals surface area contributed by atoms with Gasteiger partial charge in [0.2, 0.25) is 5.91 Å². The third-order valence-corrected chi connectivity index (χ3v) is 5.38. The van der Waals surface area contributed by atoms with E-state index >= 15 is 0 Å². The van der Waals surface area contributed by atoms with E-state index in [4.69, 9.17) is 9.47 Å². The van der Waals surface area contributed by atoms with Gasteiger partial charge in [-0.05, 0) is 25.0 Å². The summed E-state index contributed by atoms with van der Waals surface area (Å²) in [5, 5.41) is 4.52. The summed E-state index contributed by atoms with van der Waals surface area (Å²) in [5.74, 6) is -1.87. The van der Waals surface area contributed by atoms with Gasteiger partial charge in [0, 0.05) is 17.8 Å². The molecule has 0 unspecified atom stereocenters. The van der Waals surface area contributed by atoms with Crippen molar-refractivity contribution in [2.24, 2.45) is 0 Å². The molecule has 0 bridgehead atoms. The third-order valence-electron chi connectivity index (χ3n) is 5.38. The van der Waals surface area contributed by atoms with Gasteiger partial charge in [-0.2, -0.15) is 0 Å². The summed E-state index contributed by atoms with van der Waals surface area (Å²) in [6.45, 7) is 0.0974. The van der Waals surface area contributed by atoms with Gasteiger partial charge in [-0.3, -0.25) is 24.6 Å². The second-order valence-corrected chi connectivity index (χ2v) is 7.50. The van der Waals surface area contributed by atoms with E-state index in [2.05, 4.69) is 5.32 Å². The Bertz CT molecular complexity index is 941. The van der Waals surface area contributed by atoms with Crippen molar-refractivity contribution in [2.45, 2.75) is 38.1 Å². The minimum absolute atomic E-state index is 0.329. The van der Waals surface area contributed by atoms with Crippen molar-refractivity contribution in [1.29, 1.82) is 0 Å². The molecule has 0 spiro atoms. The molecular weight excluding hydrogens is 408 g/mol. The molecule has 1 aromatic carbocycles. The molecule has 0 radical (unpaired) electrons. The number of urea groups is 2. The molecule has 1 saturated heterocycles. The molecule has 2 N–H and O–H groups in total. The largest absolute Gasteiger partial charge is 0.486 e. The first-order valence-electron chi connectivity index (χ1n) is 10.1. The van der Waals surface area contributed by atoms with Gasteiger partial charge in [0.25, 0.3) is 0 Å². The van der Waals surface area contributed by atoms with E-state index in [1.54, 1.807) is 18.2 Å². The number of hydrogen-bond donors (Lipinski definition) is 2. The molecule has 1 saturated carbocycles. The Labute approximate surface area is 177 Å². The molecule has 1 aromatic rings. The van der Waals surface area contributed by atoms with E-state index in [-0.39, 0.29) is 6.04 Å². The van der Waals surface area contributed by atoms with Crippen molar-refractivity contribution >= 4 is 35.5 Å². The number of carbonyl (C=O) groups excluding carboxylic acids is 5. The second-order valence-electron chi connectivity index (χ2n) is 7.50. The lowest BCUT2D eigenvalue weighted by molar-refractivity contribution is -0.144. The zero-order chi connectivity index (χ0) is 22.0. The van der Waals surface area contributed by atoms with Gasteiger partial charge in [-0.25, -0.2) is 14.5 Å². The van der Waals surface area contributed by atoms with Gasteiger partial charge in [-0.15, -0.1) is 0 Å². The minimum Gasteiger partial charge on any atom is -0.486 e. The van der Waals surface area contributed by atoms with E-state index in [1.165, 1.54) is 0 Å². The maximum Gasteiger partial charge on any atom is 0.334 e. The Morgan fingerprint density at radius 2 is 1.68 bits per heavy atom. The molecule has 0 aromatic heterocycles. The summed E-state index contributed by atoms with van der Waals surface area (Å²) < 4.78 is 10.8. The molecule has 2 fully saturated rings. The highest BCUT2D eigenvalue weighted by Crippen LogP contribution is 2.32. The minimum atomic E-state index is -1.06. The number of carbonyl (C=O) groups is 5. The van der Waals surface area contributed by atoms with Gasteiger partial charge in [0.05, 0.1) is 0 Å². The fourth-order valence-electron chi connectivity index (χ4n) is 3.92. The Morgan fingerprint density at radius 1 is 0.968 bits per heavy atom. The van der Waals surface area contributed by atoms with Crippen LogP contribution in [-0.4, -0.2) is 65.4 Å². The van der Waals surface area contributed by atoms with E-state index in [1.807, 2.05) is 5.32 Å². The molecule has 2 heterocycles. The van der Waals surface area contributed by atoms with Crippen molar-refractivity contribution in [2.75, 3.05) is 25.1 Å². The van der Waals surface area contributed by atoms with Crippen LogP contribution in [0.5, 0.6) is 11.5 Å². The lowest BCUT2D eigenvalue weighted by Crippen LogP contribution is -2.46. The molecule has 11 heteroatoms. The van der Waals surface area contributed by atoms with Crippen molar-refractivity contribution in [3.05, 3.63) is 18.2 Å². The zero-order valence-electron chi connectivity index (χ0n) is 16.7. The molecule has 3 aliphatic rings. The maximum atomic E-state index is 12.6. The summed E-state index contributed by atoms with van der Waals surface area (Å²) in [5.41, 5.74) is 0.363. The zero-order valence-corrected chi connectivity index (χ0v) is 16.7. The Morgan fingerprint density at radius 3 is 2.42 bits per heavy atom. The molecule has 31 heavy (non-hydrogen) atoms. The number of ether oxygens (including phenoxy) is 2. The number of nitrogens with one attached hydrogen (secondary N) is 2. The fraction of sp³-hybridized carbons (Fsp3) is 0.450. The van der Waals surface area contributed by atoms with E-state index in [9.17, 15) is 24.0 Å². The van der Waals surface area contributed by atoms with Crippen LogP contribution in [-0.2, 0) is 14.4 Å². The van der Waals surface area contributed by atoms with Gasteiger partial charge in [0.15, 0.2) is 11.5 Å². The standard InChI is InChI=1S/C20H22N4O7/c25-16(22-19(28)21-12-6-7-14-15(10-12)31-9-8-30-14)11-23-17(26)18(27)24(20(23)29)13-4-2-1-3-5-13/h6-7,10,13H,1-5,8-9,11H2,(H2,21,22,25,28). The predicted molar refractivity (Wildman–Crippen MR) is 105 cm³/mol. The average Bonchev–Trinajstić information content (AvgIpc) is 2.97. The molecule has 2 aliphatic heterocycles. The summed E-state index contributed by atoms with van der Waals surface area (Å²) in [7, 11) is 0. The number of amides is 7. The molecule has 164 valence electrons. The van der Waals surface area contributed by atoms with E-state index in [0.717, 1.165) is 24.2 Å². The van der Waals surface area contributed by atoms with Crippen LogP contribution in [0.25, 0.3) is 0 Å². The normalized spacial score (nSPS) is 18.9. The highest BCUT2D eigenvalue weighted by Gasteiger charge is 2.48. The Hall–Kier alpha value is -3.63. The van der Waals surface area contributed by atoms with Gasteiger partial charge in [-0.1, -0.05) is 19.3 Å². The second kappa shape index (κ2) is 8.62. The predicted octanol–water partition coefficient (Wildman–Crippen LogP) is 1.23. The maximum absolute atomic E-state index is 12.6. The highest BCUT2D eigenvalue weighted by molar-refractivity contribution is 6.45. The first-order valence-corrected chi connectivity index (χ1v) is 10.1. The van der Waals surface area contributed by atoms with Crippen LogP contribution in [0.1, 0.15) is 32.1 Å². The topological polar surface area (TPSA) is 134 Å². The molecule has 1 aliphatic carbocycles. The van der Waals surface area contributed by atoms with Crippen LogP contribution in [0.3, 0.4) is 0 Å². The quantitative estimate of drug-likeness (QED) is 0.542. The smallest absolute Gasteiger partial charge is 0.334 e. The fourth-order valence-corrected chi connectivity index (χ4v) is 3.92. The van der Waals surface area contributed by atoms with Crippen molar-refractivity contribution < 1.29 is 33.4 Å². The number of fused-ring (bicyclic) bond motifs is 1. The highest BCUT2D eigenvalue weighted by atomic mass is 16.6. The first-order chi connectivity index (χ1) is 14.9. The van der Waals surface area contributed by atoms with Crippen LogP contribution < -0.4 is 20.1 Å². The monoisotopic (exact) mass is 430 g/mol. The first kappa shape index (κ1) is 20.6. The van der Waals surface area contributed by atoms with Gasteiger partial charge < -0.3 is 14.8 Å². The van der Waals surface area contributed by atoms with Crippen LogP contribution in [0.15, 0.2) is 18.2 Å². The van der Waals surface area contributed by atoms with Crippen molar-refractivity contribution in [3.63, 3.8) is 0 Å². The molecule has 11 nitrogen and oxygen atoms in total. The van der Waals surface area contributed by atoms with E-state index in [0.29, 0.717) is 48.1 Å². The Kier molecular flexibility index (Phi) is 5.74. The number of hydrogen-bond acceptors (Lipinski definition) is 7. The van der Waals surface area contributed by atoms with E-state index < -0.39 is 36.3 Å².